The Morgan fingerprint density at radius 2 is 2.00 bits per heavy atom. The number of aliphatic hydroxyl groups excluding tert-OH is 1. The van der Waals surface area contributed by atoms with E-state index < -0.39 is 15.1 Å². The number of nitrogens with zero attached hydrogens (tertiary/aromatic N) is 1. The zero-order valence-corrected chi connectivity index (χ0v) is 15.9. The predicted octanol–water partition coefficient (Wildman–Crippen LogP) is 3.18. The van der Waals surface area contributed by atoms with Gasteiger partial charge in [-0.05, 0) is 32.6 Å². The standard InChI is InChI=1S/C17H29NO5S/c1-5-8-14(18-23-6-2)17-15(19)10-13(11-16(17)20)9-12(4)24(21,22)7-3/h12-13,19H,5-11H2,1-4H3. The summed E-state index contributed by atoms with van der Waals surface area (Å²) < 4.78 is 23.8. The van der Waals surface area contributed by atoms with E-state index in [1.54, 1.807) is 20.8 Å². The maximum atomic E-state index is 12.5. The van der Waals surface area contributed by atoms with Crippen LogP contribution in [0.2, 0.25) is 0 Å². The van der Waals surface area contributed by atoms with Gasteiger partial charge in [0.05, 0.1) is 16.5 Å². The molecule has 0 heterocycles. The maximum Gasteiger partial charge on any atom is 0.168 e. The van der Waals surface area contributed by atoms with Gasteiger partial charge in [-0.3, -0.25) is 4.79 Å². The van der Waals surface area contributed by atoms with E-state index in [9.17, 15) is 18.3 Å². The van der Waals surface area contributed by atoms with Gasteiger partial charge in [0.1, 0.15) is 12.4 Å². The minimum Gasteiger partial charge on any atom is -0.511 e. The van der Waals surface area contributed by atoms with Crippen LogP contribution in [0, 0.1) is 5.92 Å². The van der Waals surface area contributed by atoms with Gasteiger partial charge in [0.25, 0.3) is 0 Å². The lowest BCUT2D eigenvalue weighted by molar-refractivity contribution is -0.116. The Morgan fingerprint density at radius 3 is 2.50 bits per heavy atom. The average Bonchev–Trinajstić information content (AvgIpc) is 2.51. The van der Waals surface area contributed by atoms with Crippen molar-refractivity contribution in [3.63, 3.8) is 0 Å². The van der Waals surface area contributed by atoms with Gasteiger partial charge in [-0.2, -0.15) is 0 Å². The van der Waals surface area contributed by atoms with Gasteiger partial charge in [0.2, 0.25) is 0 Å². The molecule has 0 aromatic heterocycles. The Balaban J connectivity index is 2.95. The van der Waals surface area contributed by atoms with Gasteiger partial charge < -0.3 is 9.94 Å². The summed E-state index contributed by atoms with van der Waals surface area (Å²) in [6, 6.07) is 0. The van der Waals surface area contributed by atoms with Crippen LogP contribution in [0.4, 0.5) is 0 Å². The molecule has 1 aliphatic rings. The number of aliphatic hydroxyl groups is 1. The molecule has 0 aliphatic heterocycles. The SMILES string of the molecule is CCCC(=NOCC)C1=C(O)CC(CC(C)S(=O)(=O)CC)CC1=O. The molecular weight excluding hydrogens is 330 g/mol. The van der Waals surface area contributed by atoms with Gasteiger partial charge in [-0.1, -0.05) is 25.4 Å². The average molecular weight is 359 g/mol. The number of hydrogen-bond acceptors (Lipinski definition) is 6. The van der Waals surface area contributed by atoms with E-state index in [1.165, 1.54) is 0 Å². The van der Waals surface area contributed by atoms with Crippen molar-refractivity contribution in [3.05, 3.63) is 11.3 Å². The molecule has 0 spiro atoms. The first-order chi connectivity index (χ1) is 11.3. The van der Waals surface area contributed by atoms with Crippen molar-refractivity contribution in [1.82, 2.24) is 0 Å². The third kappa shape index (κ3) is 5.33. The van der Waals surface area contributed by atoms with Gasteiger partial charge in [0.15, 0.2) is 15.6 Å². The van der Waals surface area contributed by atoms with Gasteiger partial charge in [-0.15, -0.1) is 0 Å². The lowest BCUT2D eigenvalue weighted by atomic mass is 9.82. The van der Waals surface area contributed by atoms with Crippen molar-refractivity contribution in [1.29, 1.82) is 0 Å². The van der Waals surface area contributed by atoms with E-state index in [0.717, 1.165) is 6.42 Å². The smallest absolute Gasteiger partial charge is 0.168 e. The van der Waals surface area contributed by atoms with Crippen LogP contribution in [-0.2, 0) is 19.5 Å². The molecule has 0 aromatic carbocycles. The minimum atomic E-state index is -3.14. The molecule has 1 N–H and O–H groups in total. The Labute approximate surface area is 144 Å². The first-order valence-corrected chi connectivity index (χ1v) is 10.3. The van der Waals surface area contributed by atoms with E-state index in [1.807, 2.05) is 6.92 Å². The molecular formula is C17H29NO5S. The Morgan fingerprint density at radius 1 is 1.33 bits per heavy atom. The van der Waals surface area contributed by atoms with Crippen molar-refractivity contribution in [3.8, 4) is 0 Å². The second-order valence-electron chi connectivity index (χ2n) is 6.22. The highest BCUT2D eigenvalue weighted by molar-refractivity contribution is 7.91. The Bertz CT molecular complexity index is 606. The molecule has 1 rings (SSSR count). The molecule has 138 valence electrons. The third-order valence-electron chi connectivity index (χ3n) is 4.28. The van der Waals surface area contributed by atoms with E-state index in [-0.39, 0.29) is 35.2 Å². The van der Waals surface area contributed by atoms with Crippen LogP contribution in [0.5, 0.6) is 0 Å². The molecule has 1 aliphatic carbocycles. The third-order valence-corrected chi connectivity index (χ3v) is 6.51. The number of Topliss-reactive ketones (excluding diaryl/α,β-unsaturated/α-hetero) is 1. The Hall–Kier alpha value is -1.37. The van der Waals surface area contributed by atoms with Crippen molar-refractivity contribution < 1.29 is 23.2 Å². The summed E-state index contributed by atoms with van der Waals surface area (Å²) in [5, 5.41) is 13.8. The molecule has 24 heavy (non-hydrogen) atoms. The number of ketones is 1. The first kappa shape index (κ1) is 20.7. The summed E-state index contributed by atoms with van der Waals surface area (Å²) in [4.78, 5) is 17.6. The normalized spacial score (nSPS) is 21.1. The van der Waals surface area contributed by atoms with E-state index in [2.05, 4.69) is 5.16 Å². The van der Waals surface area contributed by atoms with Crippen molar-refractivity contribution >= 4 is 21.3 Å². The summed E-state index contributed by atoms with van der Waals surface area (Å²) in [5.74, 6) is -0.252. The first-order valence-electron chi connectivity index (χ1n) is 8.62. The fraction of sp³-hybridized carbons (Fsp3) is 0.765. The molecule has 2 unspecified atom stereocenters. The zero-order valence-electron chi connectivity index (χ0n) is 15.0. The highest BCUT2D eigenvalue weighted by Gasteiger charge is 2.33. The van der Waals surface area contributed by atoms with Crippen LogP contribution in [-0.4, -0.2) is 42.6 Å². The fourth-order valence-corrected chi connectivity index (χ4v) is 4.10. The molecule has 0 radical (unpaired) electrons. The molecule has 0 fully saturated rings. The number of carbonyl (C=O) groups is 1. The summed E-state index contributed by atoms with van der Waals surface area (Å²) >= 11 is 0. The highest BCUT2D eigenvalue weighted by atomic mass is 32.2. The van der Waals surface area contributed by atoms with E-state index >= 15 is 0 Å². The summed E-state index contributed by atoms with van der Waals surface area (Å²) in [5.41, 5.74) is 0.738. The van der Waals surface area contributed by atoms with Crippen LogP contribution in [0.15, 0.2) is 16.5 Å². The van der Waals surface area contributed by atoms with Crippen LogP contribution >= 0.6 is 0 Å². The summed E-state index contributed by atoms with van der Waals surface area (Å²) in [7, 11) is -3.14. The van der Waals surface area contributed by atoms with E-state index in [0.29, 0.717) is 31.6 Å². The van der Waals surface area contributed by atoms with Crippen molar-refractivity contribution in [2.75, 3.05) is 12.4 Å². The number of rotatable bonds is 9. The number of carbonyl (C=O) groups excluding carboxylic acids is 1. The molecule has 0 saturated heterocycles. The van der Waals surface area contributed by atoms with Crippen LogP contribution in [0.3, 0.4) is 0 Å². The molecule has 7 heteroatoms. The number of sulfone groups is 1. The maximum absolute atomic E-state index is 12.5. The predicted molar refractivity (Wildman–Crippen MR) is 94.9 cm³/mol. The topological polar surface area (TPSA) is 93.0 Å². The largest absolute Gasteiger partial charge is 0.511 e. The number of allylic oxidation sites excluding steroid dienone is 2. The molecule has 0 amide bonds. The molecule has 6 nitrogen and oxygen atoms in total. The monoisotopic (exact) mass is 359 g/mol. The van der Waals surface area contributed by atoms with Gasteiger partial charge >= 0.3 is 0 Å². The minimum absolute atomic E-state index is 0.00393. The van der Waals surface area contributed by atoms with Crippen molar-refractivity contribution in [2.24, 2.45) is 11.1 Å². The lowest BCUT2D eigenvalue weighted by Gasteiger charge is -2.26. The number of hydrogen-bond donors (Lipinski definition) is 1. The molecule has 0 saturated carbocycles. The van der Waals surface area contributed by atoms with Crippen LogP contribution in [0.1, 0.15) is 59.8 Å². The summed E-state index contributed by atoms with van der Waals surface area (Å²) in [6.45, 7) is 7.44. The zero-order chi connectivity index (χ0) is 18.3. The lowest BCUT2D eigenvalue weighted by Crippen LogP contribution is -2.29. The van der Waals surface area contributed by atoms with Crippen molar-refractivity contribution in [2.45, 2.75) is 65.0 Å². The summed E-state index contributed by atoms with van der Waals surface area (Å²) in [6.07, 6.45) is 2.25. The second-order valence-corrected chi connectivity index (χ2v) is 8.93. The van der Waals surface area contributed by atoms with E-state index in [4.69, 9.17) is 4.84 Å². The number of oxime groups is 1. The fourth-order valence-electron chi connectivity index (χ4n) is 2.96. The van der Waals surface area contributed by atoms with Crippen LogP contribution < -0.4 is 0 Å². The van der Waals surface area contributed by atoms with Gasteiger partial charge in [0, 0.05) is 18.6 Å². The molecule has 0 aromatic rings. The highest BCUT2D eigenvalue weighted by Crippen LogP contribution is 2.31. The Kier molecular flexibility index (Phi) is 7.93. The van der Waals surface area contributed by atoms with Crippen LogP contribution in [0.25, 0.3) is 0 Å². The quantitative estimate of drug-likeness (QED) is 0.504. The van der Waals surface area contributed by atoms with Gasteiger partial charge in [-0.25, -0.2) is 8.42 Å². The molecule has 2 atom stereocenters. The molecule has 0 bridgehead atoms. The second kappa shape index (κ2) is 9.20.